The van der Waals surface area contributed by atoms with E-state index in [1.807, 2.05) is 0 Å². The second-order valence-electron chi connectivity index (χ2n) is 4.04. The average Bonchev–Trinajstić information content (AvgIpc) is 2.09. The van der Waals surface area contributed by atoms with Crippen LogP contribution in [0.15, 0.2) is 12.1 Å². The Kier molecular flexibility index (Phi) is 2.37. The van der Waals surface area contributed by atoms with E-state index in [4.69, 9.17) is 0 Å². The van der Waals surface area contributed by atoms with Gasteiger partial charge in [-0.05, 0) is 55.4 Å². The fourth-order valence-corrected chi connectivity index (χ4v) is 2.49. The molecule has 0 fully saturated rings. The Morgan fingerprint density at radius 2 is 1.92 bits per heavy atom. The van der Waals surface area contributed by atoms with Crippen molar-refractivity contribution in [1.29, 1.82) is 0 Å². The van der Waals surface area contributed by atoms with E-state index in [1.54, 1.807) is 0 Å². The fraction of sp³-hybridized carbons (Fsp3) is 0.500. The van der Waals surface area contributed by atoms with E-state index < -0.39 is 0 Å². The molecular weight excluding hydrogens is 176 g/mol. The van der Waals surface area contributed by atoms with Gasteiger partial charge in [0.2, 0.25) is 0 Å². The standard InChI is InChI=1S/C12H16S/c1-8-6-10-4-3-5-12(13)11(10)7-9(8)2/h6-7,12-13H,3-5H2,1-2H3. The van der Waals surface area contributed by atoms with E-state index in [1.165, 1.54) is 41.5 Å². The summed E-state index contributed by atoms with van der Waals surface area (Å²) in [6.45, 7) is 4.38. The number of rotatable bonds is 0. The van der Waals surface area contributed by atoms with Crippen LogP contribution >= 0.6 is 12.6 Å². The van der Waals surface area contributed by atoms with Gasteiger partial charge in [0, 0.05) is 5.25 Å². The molecule has 0 saturated heterocycles. The molecule has 1 heteroatoms. The van der Waals surface area contributed by atoms with Crippen molar-refractivity contribution in [3.8, 4) is 0 Å². The lowest BCUT2D eigenvalue weighted by Gasteiger charge is -2.22. The highest BCUT2D eigenvalue weighted by Gasteiger charge is 2.17. The van der Waals surface area contributed by atoms with Gasteiger partial charge in [-0.3, -0.25) is 0 Å². The molecule has 13 heavy (non-hydrogen) atoms. The Balaban J connectivity index is 2.52. The highest BCUT2D eigenvalue weighted by Crippen LogP contribution is 2.35. The van der Waals surface area contributed by atoms with Gasteiger partial charge in [0.1, 0.15) is 0 Å². The Hall–Kier alpha value is -0.430. The third-order valence-corrected chi connectivity index (χ3v) is 3.57. The van der Waals surface area contributed by atoms with Crippen molar-refractivity contribution in [2.75, 3.05) is 0 Å². The molecule has 0 nitrogen and oxygen atoms in total. The van der Waals surface area contributed by atoms with Crippen molar-refractivity contribution in [3.63, 3.8) is 0 Å². The third-order valence-electron chi connectivity index (χ3n) is 3.04. The smallest absolute Gasteiger partial charge is 0.0270 e. The number of benzene rings is 1. The van der Waals surface area contributed by atoms with Crippen LogP contribution in [0.25, 0.3) is 0 Å². The summed E-state index contributed by atoms with van der Waals surface area (Å²) in [5.74, 6) is 0. The van der Waals surface area contributed by atoms with Gasteiger partial charge in [-0.25, -0.2) is 0 Å². The molecule has 1 aliphatic carbocycles. The highest BCUT2D eigenvalue weighted by molar-refractivity contribution is 7.80. The number of hydrogen-bond acceptors (Lipinski definition) is 1. The van der Waals surface area contributed by atoms with Gasteiger partial charge in [-0.2, -0.15) is 12.6 Å². The molecule has 0 bridgehead atoms. The summed E-state index contributed by atoms with van der Waals surface area (Å²) in [6, 6.07) is 4.66. The first kappa shape index (κ1) is 9.14. The summed E-state index contributed by atoms with van der Waals surface area (Å²) in [6.07, 6.45) is 3.77. The first-order chi connectivity index (χ1) is 6.18. The predicted molar refractivity (Wildman–Crippen MR) is 60.6 cm³/mol. The van der Waals surface area contributed by atoms with Crippen LogP contribution in [-0.4, -0.2) is 0 Å². The van der Waals surface area contributed by atoms with Gasteiger partial charge < -0.3 is 0 Å². The van der Waals surface area contributed by atoms with Crippen molar-refractivity contribution in [2.45, 2.75) is 38.4 Å². The zero-order valence-corrected chi connectivity index (χ0v) is 9.20. The van der Waals surface area contributed by atoms with Crippen LogP contribution in [0.3, 0.4) is 0 Å². The number of aryl methyl sites for hydroxylation is 3. The van der Waals surface area contributed by atoms with Crippen LogP contribution in [0.5, 0.6) is 0 Å². The molecule has 0 heterocycles. The lowest BCUT2D eigenvalue weighted by Crippen LogP contribution is -2.06. The summed E-state index contributed by atoms with van der Waals surface area (Å²) >= 11 is 4.62. The van der Waals surface area contributed by atoms with E-state index >= 15 is 0 Å². The summed E-state index contributed by atoms with van der Waals surface area (Å²) < 4.78 is 0. The topological polar surface area (TPSA) is 0 Å². The van der Waals surface area contributed by atoms with E-state index in [0.29, 0.717) is 5.25 Å². The lowest BCUT2D eigenvalue weighted by molar-refractivity contribution is 0.675. The van der Waals surface area contributed by atoms with Crippen LogP contribution in [0.2, 0.25) is 0 Å². The van der Waals surface area contributed by atoms with Gasteiger partial charge in [-0.1, -0.05) is 12.1 Å². The van der Waals surface area contributed by atoms with Crippen molar-refractivity contribution >= 4 is 12.6 Å². The minimum absolute atomic E-state index is 0.475. The molecule has 0 saturated carbocycles. The first-order valence-electron chi connectivity index (χ1n) is 4.96. The monoisotopic (exact) mass is 192 g/mol. The molecule has 0 aliphatic heterocycles. The van der Waals surface area contributed by atoms with E-state index in [2.05, 4.69) is 38.6 Å². The van der Waals surface area contributed by atoms with Gasteiger partial charge in [0.05, 0.1) is 0 Å². The molecule has 1 aromatic carbocycles. The van der Waals surface area contributed by atoms with Crippen molar-refractivity contribution in [2.24, 2.45) is 0 Å². The van der Waals surface area contributed by atoms with E-state index in [9.17, 15) is 0 Å². The minimum atomic E-state index is 0.475. The lowest BCUT2D eigenvalue weighted by atomic mass is 9.88. The first-order valence-corrected chi connectivity index (χ1v) is 5.48. The Morgan fingerprint density at radius 3 is 2.69 bits per heavy atom. The number of thiol groups is 1. The van der Waals surface area contributed by atoms with Crippen molar-refractivity contribution in [3.05, 3.63) is 34.4 Å². The predicted octanol–water partition coefficient (Wildman–Crippen LogP) is 3.61. The molecule has 0 amide bonds. The van der Waals surface area contributed by atoms with Crippen LogP contribution in [-0.2, 0) is 6.42 Å². The summed E-state index contributed by atoms with van der Waals surface area (Å²) in [5.41, 5.74) is 5.81. The molecular formula is C12H16S. The zero-order chi connectivity index (χ0) is 9.42. The molecule has 0 N–H and O–H groups in total. The molecule has 1 atom stereocenters. The molecule has 1 aromatic rings. The zero-order valence-electron chi connectivity index (χ0n) is 8.30. The normalized spacial score (nSPS) is 21.3. The molecule has 0 radical (unpaired) electrons. The van der Waals surface area contributed by atoms with Gasteiger partial charge in [0.15, 0.2) is 0 Å². The fourth-order valence-electron chi connectivity index (χ4n) is 2.07. The molecule has 0 aromatic heterocycles. The maximum Gasteiger partial charge on any atom is 0.0270 e. The van der Waals surface area contributed by atoms with Crippen LogP contribution < -0.4 is 0 Å². The van der Waals surface area contributed by atoms with Gasteiger partial charge in [-0.15, -0.1) is 0 Å². The quantitative estimate of drug-likeness (QED) is 0.596. The molecule has 0 spiro atoms. The molecule has 70 valence electrons. The Morgan fingerprint density at radius 1 is 1.23 bits per heavy atom. The van der Waals surface area contributed by atoms with Gasteiger partial charge >= 0.3 is 0 Å². The largest absolute Gasteiger partial charge is 0.171 e. The maximum absolute atomic E-state index is 4.62. The van der Waals surface area contributed by atoms with Crippen molar-refractivity contribution < 1.29 is 0 Å². The third kappa shape index (κ3) is 1.62. The number of fused-ring (bicyclic) bond motifs is 1. The highest BCUT2D eigenvalue weighted by atomic mass is 32.1. The summed E-state index contributed by atoms with van der Waals surface area (Å²) in [5, 5.41) is 0.475. The van der Waals surface area contributed by atoms with Gasteiger partial charge in [0.25, 0.3) is 0 Å². The number of hydrogen-bond donors (Lipinski definition) is 1. The van der Waals surface area contributed by atoms with E-state index in [-0.39, 0.29) is 0 Å². The molecule has 1 unspecified atom stereocenters. The maximum atomic E-state index is 4.62. The van der Waals surface area contributed by atoms with Crippen LogP contribution in [0, 0.1) is 13.8 Å². The van der Waals surface area contributed by atoms with Crippen molar-refractivity contribution in [1.82, 2.24) is 0 Å². The summed E-state index contributed by atoms with van der Waals surface area (Å²) in [7, 11) is 0. The Bertz CT molecular complexity index is 328. The van der Waals surface area contributed by atoms with E-state index in [0.717, 1.165) is 0 Å². The van der Waals surface area contributed by atoms with Crippen LogP contribution in [0.4, 0.5) is 0 Å². The second-order valence-corrected chi connectivity index (χ2v) is 4.67. The SMILES string of the molecule is Cc1cc2c(cc1C)C(S)CCC2. The minimum Gasteiger partial charge on any atom is -0.171 e. The second kappa shape index (κ2) is 3.38. The Labute approximate surface area is 85.8 Å². The molecule has 1 aliphatic rings. The van der Waals surface area contributed by atoms with Crippen LogP contribution in [0.1, 0.15) is 40.3 Å². The summed E-state index contributed by atoms with van der Waals surface area (Å²) in [4.78, 5) is 0. The molecule has 2 rings (SSSR count). The average molecular weight is 192 g/mol.